The number of hydrogen-bond donors (Lipinski definition) is 2. The number of nitrogens with one attached hydrogen (secondary N) is 1. The minimum Gasteiger partial charge on any atom is -0.507 e. The summed E-state index contributed by atoms with van der Waals surface area (Å²) in [6, 6.07) is 14.0. The van der Waals surface area contributed by atoms with Crippen LogP contribution in [0.5, 0.6) is 5.75 Å². The van der Waals surface area contributed by atoms with Crippen molar-refractivity contribution in [1.29, 1.82) is 0 Å². The lowest BCUT2D eigenvalue weighted by atomic mass is 9.94. The average Bonchev–Trinajstić information content (AvgIpc) is 3.08. The van der Waals surface area contributed by atoms with Gasteiger partial charge in [-0.25, -0.2) is 4.98 Å². The Morgan fingerprint density at radius 1 is 1.19 bits per heavy atom. The molecule has 3 aromatic rings. The van der Waals surface area contributed by atoms with Crippen molar-refractivity contribution >= 4 is 22.7 Å². The Labute approximate surface area is 156 Å². The number of phenolic OH excluding ortho intramolecular Hbond substituents is 1. The van der Waals surface area contributed by atoms with Gasteiger partial charge in [-0.3, -0.25) is 5.43 Å². The first-order valence-electron chi connectivity index (χ1n) is 8.55. The van der Waals surface area contributed by atoms with E-state index in [2.05, 4.69) is 41.4 Å². The monoisotopic (exact) mass is 361 g/mol. The van der Waals surface area contributed by atoms with Gasteiger partial charge in [0.15, 0.2) is 0 Å². The lowest BCUT2D eigenvalue weighted by Gasteiger charge is -2.13. The first-order valence-corrected chi connectivity index (χ1v) is 9.36. The Bertz CT molecular complexity index is 991. The van der Waals surface area contributed by atoms with Gasteiger partial charge in [-0.05, 0) is 36.5 Å². The second-order valence-electron chi connectivity index (χ2n) is 6.17. The van der Waals surface area contributed by atoms with Crippen LogP contribution in [-0.2, 0) is 19.3 Å². The van der Waals surface area contributed by atoms with Crippen LogP contribution in [0, 0.1) is 0 Å². The molecule has 26 heavy (non-hydrogen) atoms. The van der Waals surface area contributed by atoms with Crippen molar-refractivity contribution < 1.29 is 5.11 Å². The summed E-state index contributed by atoms with van der Waals surface area (Å²) in [6.07, 6.45) is 6.08. The zero-order valence-electron chi connectivity index (χ0n) is 14.3. The molecule has 0 bridgehead atoms. The van der Waals surface area contributed by atoms with Gasteiger partial charge in [-0.1, -0.05) is 53.8 Å². The molecule has 0 saturated carbocycles. The van der Waals surface area contributed by atoms with Crippen LogP contribution in [0.1, 0.15) is 21.6 Å². The third kappa shape index (κ3) is 3.13. The van der Waals surface area contributed by atoms with Crippen molar-refractivity contribution in [3.05, 3.63) is 76.7 Å². The van der Waals surface area contributed by atoms with Crippen molar-refractivity contribution in [2.45, 2.75) is 19.3 Å². The smallest absolute Gasteiger partial charge is 0.204 e. The molecular weight excluding hydrogens is 342 g/mol. The number of thiazole rings is 1. The van der Waals surface area contributed by atoms with E-state index >= 15 is 0 Å². The van der Waals surface area contributed by atoms with Crippen LogP contribution in [-0.4, -0.2) is 16.3 Å². The van der Waals surface area contributed by atoms with Gasteiger partial charge in [0.1, 0.15) is 5.75 Å². The molecule has 2 N–H and O–H groups in total. The lowest BCUT2D eigenvalue weighted by Crippen LogP contribution is -2.01. The number of rotatable bonds is 5. The van der Waals surface area contributed by atoms with Gasteiger partial charge in [0, 0.05) is 16.0 Å². The topological polar surface area (TPSA) is 57.5 Å². The quantitative estimate of drug-likeness (QED) is 0.390. The highest BCUT2D eigenvalue weighted by atomic mass is 32.1. The zero-order valence-corrected chi connectivity index (χ0v) is 15.1. The van der Waals surface area contributed by atoms with E-state index in [-0.39, 0.29) is 5.75 Å². The highest BCUT2D eigenvalue weighted by molar-refractivity contribution is 7.16. The molecule has 0 amide bonds. The van der Waals surface area contributed by atoms with Crippen LogP contribution < -0.4 is 5.43 Å². The molecule has 0 saturated heterocycles. The van der Waals surface area contributed by atoms with Crippen molar-refractivity contribution in [1.82, 2.24) is 4.98 Å². The summed E-state index contributed by atoms with van der Waals surface area (Å²) in [7, 11) is 0. The number of phenols is 1. The number of nitrogens with zero attached hydrogens (tertiary/aromatic N) is 2. The standard InChI is InChI=1S/C21H19N3OS/c1-2-6-15-8-5-9-16(20(15)25)13-22-24-21-23-19-17-10-4-3-7-14(17)11-12-18(19)26-21/h2-5,7-10,13,25H,1,6,11-12H2,(H,23,24)/b22-13+. The van der Waals surface area contributed by atoms with E-state index in [0.717, 1.165) is 29.2 Å². The lowest BCUT2D eigenvalue weighted by molar-refractivity contribution is 0.469. The number of fused-ring (bicyclic) bond motifs is 3. The van der Waals surface area contributed by atoms with Crippen LogP contribution in [0.4, 0.5) is 5.13 Å². The Kier molecular flexibility index (Phi) is 4.54. The molecule has 1 heterocycles. The Morgan fingerprint density at radius 3 is 2.96 bits per heavy atom. The Balaban J connectivity index is 1.54. The van der Waals surface area contributed by atoms with Gasteiger partial charge < -0.3 is 5.11 Å². The summed E-state index contributed by atoms with van der Waals surface area (Å²) in [5, 5.41) is 15.3. The van der Waals surface area contributed by atoms with E-state index in [4.69, 9.17) is 4.98 Å². The number of para-hydroxylation sites is 1. The first kappa shape index (κ1) is 16.5. The molecular formula is C21H19N3OS. The third-order valence-electron chi connectivity index (χ3n) is 4.47. The molecule has 0 spiro atoms. The third-order valence-corrected chi connectivity index (χ3v) is 5.49. The summed E-state index contributed by atoms with van der Waals surface area (Å²) in [4.78, 5) is 6.00. The van der Waals surface area contributed by atoms with Gasteiger partial charge in [0.05, 0.1) is 11.9 Å². The minimum absolute atomic E-state index is 0.241. The fourth-order valence-electron chi connectivity index (χ4n) is 3.19. The van der Waals surface area contributed by atoms with Gasteiger partial charge >= 0.3 is 0 Å². The predicted octanol–water partition coefficient (Wildman–Crippen LogP) is 4.79. The molecule has 1 aromatic heterocycles. The average molecular weight is 361 g/mol. The van der Waals surface area contributed by atoms with Gasteiger partial charge in [-0.2, -0.15) is 5.10 Å². The maximum atomic E-state index is 10.3. The van der Waals surface area contributed by atoms with Crippen LogP contribution in [0.3, 0.4) is 0 Å². The highest BCUT2D eigenvalue weighted by Gasteiger charge is 2.20. The SMILES string of the molecule is C=CCc1cccc(/C=N/Nc2nc3c(s2)CCc2ccccc2-3)c1O. The number of allylic oxidation sites excluding steroid dienone is 1. The molecule has 0 fully saturated rings. The number of hydrazone groups is 1. The fourth-order valence-corrected chi connectivity index (χ4v) is 4.11. The molecule has 1 aliphatic carbocycles. The molecule has 0 radical (unpaired) electrons. The van der Waals surface area contributed by atoms with Gasteiger partial charge in [-0.15, -0.1) is 6.58 Å². The molecule has 0 unspecified atom stereocenters. The van der Waals surface area contributed by atoms with Crippen molar-refractivity contribution in [3.8, 4) is 17.0 Å². The van der Waals surface area contributed by atoms with E-state index in [9.17, 15) is 5.11 Å². The van der Waals surface area contributed by atoms with Crippen molar-refractivity contribution in [2.75, 3.05) is 5.43 Å². The molecule has 2 aromatic carbocycles. The molecule has 1 aliphatic rings. The van der Waals surface area contributed by atoms with E-state index in [0.29, 0.717) is 12.0 Å². The predicted molar refractivity (Wildman–Crippen MR) is 108 cm³/mol. The summed E-state index contributed by atoms with van der Waals surface area (Å²) < 4.78 is 0. The summed E-state index contributed by atoms with van der Waals surface area (Å²) in [5.74, 6) is 0.241. The largest absolute Gasteiger partial charge is 0.507 e. The Hall–Kier alpha value is -2.92. The minimum atomic E-state index is 0.241. The number of anilines is 1. The molecule has 4 nitrogen and oxygen atoms in total. The fraction of sp³-hybridized carbons (Fsp3) is 0.143. The van der Waals surface area contributed by atoms with Crippen LogP contribution >= 0.6 is 11.3 Å². The van der Waals surface area contributed by atoms with E-state index in [1.807, 2.05) is 18.2 Å². The van der Waals surface area contributed by atoms with Crippen molar-refractivity contribution in [3.63, 3.8) is 0 Å². The normalized spacial score (nSPS) is 12.6. The van der Waals surface area contributed by atoms with E-state index in [1.54, 1.807) is 23.6 Å². The number of aromatic hydroxyl groups is 1. The molecule has 0 aliphatic heterocycles. The molecule has 4 rings (SSSR count). The first-order chi connectivity index (χ1) is 12.8. The number of aryl methyl sites for hydroxylation is 2. The van der Waals surface area contributed by atoms with Crippen LogP contribution in [0.25, 0.3) is 11.3 Å². The zero-order chi connectivity index (χ0) is 17.9. The summed E-state index contributed by atoms with van der Waals surface area (Å²) in [6.45, 7) is 3.71. The van der Waals surface area contributed by atoms with E-state index in [1.165, 1.54) is 16.0 Å². The maximum absolute atomic E-state index is 10.3. The highest BCUT2D eigenvalue weighted by Crippen LogP contribution is 2.37. The van der Waals surface area contributed by atoms with Gasteiger partial charge in [0.25, 0.3) is 0 Å². The second kappa shape index (κ2) is 7.14. The number of aromatic nitrogens is 1. The second-order valence-corrected chi connectivity index (χ2v) is 7.25. The number of hydrogen-bond acceptors (Lipinski definition) is 5. The number of benzene rings is 2. The van der Waals surface area contributed by atoms with Crippen LogP contribution in [0.15, 0.2) is 60.2 Å². The molecule has 0 atom stereocenters. The van der Waals surface area contributed by atoms with Crippen LogP contribution in [0.2, 0.25) is 0 Å². The molecule has 130 valence electrons. The van der Waals surface area contributed by atoms with E-state index < -0.39 is 0 Å². The summed E-state index contributed by atoms with van der Waals surface area (Å²) in [5.41, 5.74) is 8.14. The Morgan fingerprint density at radius 2 is 2.08 bits per heavy atom. The molecule has 5 heteroatoms. The maximum Gasteiger partial charge on any atom is 0.204 e. The van der Waals surface area contributed by atoms with Gasteiger partial charge in [0.2, 0.25) is 5.13 Å². The van der Waals surface area contributed by atoms with Crippen molar-refractivity contribution in [2.24, 2.45) is 5.10 Å². The summed E-state index contributed by atoms with van der Waals surface area (Å²) >= 11 is 1.64.